The standard InChI is InChI=1S/C10H15N3O/c1-7-2-3-9(4-7)13-6-8(5-12-13)10(11)14/h5-7,9H,2-4H2,1H3,(H2,11,14). The van der Waals surface area contributed by atoms with E-state index in [2.05, 4.69) is 12.0 Å². The highest BCUT2D eigenvalue weighted by Gasteiger charge is 2.23. The normalized spacial score (nSPS) is 26.6. The lowest BCUT2D eigenvalue weighted by Gasteiger charge is -2.09. The highest BCUT2D eigenvalue weighted by atomic mass is 16.1. The molecule has 1 aliphatic rings. The predicted molar refractivity (Wildman–Crippen MR) is 52.8 cm³/mol. The topological polar surface area (TPSA) is 60.9 Å². The molecule has 0 radical (unpaired) electrons. The molecule has 0 aliphatic heterocycles. The molecule has 4 nitrogen and oxygen atoms in total. The van der Waals surface area contributed by atoms with Gasteiger partial charge in [0, 0.05) is 6.20 Å². The van der Waals surface area contributed by atoms with Crippen molar-refractivity contribution in [3.05, 3.63) is 18.0 Å². The van der Waals surface area contributed by atoms with Gasteiger partial charge in [0.15, 0.2) is 0 Å². The lowest BCUT2D eigenvalue weighted by molar-refractivity contribution is 0.1000. The maximum absolute atomic E-state index is 10.9. The first kappa shape index (κ1) is 9.24. The molecule has 2 N–H and O–H groups in total. The van der Waals surface area contributed by atoms with Crippen molar-refractivity contribution in [2.24, 2.45) is 11.7 Å². The van der Waals surface area contributed by atoms with Gasteiger partial charge in [-0.25, -0.2) is 0 Å². The number of amides is 1. The van der Waals surface area contributed by atoms with Gasteiger partial charge in [-0.05, 0) is 25.2 Å². The Morgan fingerprint density at radius 1 is 1.64 bits per heavy atom. The van der Waals surface area contributed by atoms with Crippen molar-refractivity contribution < 1.29 is 4.79 Å². The molecular formula is C10H15N3O. The molecular weight excluding hydrogens is 178 g/mol. The van der Waals surface area contributed by atoms with Crippen LogP contribution in [-0.2, 0) is 0 Å². The summed E-state index contributed by atoms with van der Waals surface area (Å²) in [7, 11) is 0. The lowest BCUT2D eigenvalue weighted by atomic mass is 10.1. The third kappa shape index (κ3) is 1.64. The maximum atomic E-state index is 10.9. The largest absolute Gasteiger partial charge is 0.366 e. The molecule has 0 bridgehead atoms. The zero-order valence-electron chi connectivity index (χ0n) is 8.31. The number of aromatic nitrogens is 2. The van der Waals surface area contributed by atoms with Gasteiger partial charge in [-0.2, -0.15) is 5.10 Å². The van der Waals surface area contributed by atoms with E-state index in [1.54, 1.807) is 12.4 Å². The molecule has 14 heavy (non-hydrogen) atoms. The van der Waals surface area contributed by atoms with Crippen molar-refractivity contribution in [3.8, 4) is 0 Å². The van der Waals surface area contributed by atoms with E-state index in [4.69, 9.17) is 5.73 Å². The Labute approximate surface area is 83.1 Å². The average Bonchev–Trinajstić information content (AvgIpc) is 2.70. The molecule has 1 aromatic heterocycles. The van der Waals surface area contributed by atoms with Crippen LogP contribution in [0.25, 0.3) is 0 Å². The SMILES string of the molecule is CC1CCC(n2cc(C(N)=O)cn2)C1. The van der Waals surface area contributed by atoms with Gasteiger partial charge in [-0.15, -0.1) is 0 Å². The molecule has 1 heterocycles. The minimum atomic E-state index is -0.401. The van der Waals surface area contributed by atoms with Crippen molar-refractivity contribution in [3.63, 3.8) is 0 Å². The lowest BCUT2D eigenvalue weighted by Crippen LogP contribution is -2.10. The molecule has 0 saturated heterocycles. The minimum absolute atomic E-state index is 0.401. The third-order valence-electron chi connectivity index (χ3n) is 2.93. The van der Waals surface area contributed by atoms with E-state index in [0.717, 1.165) is 18.8 Å². The van der Waals surface area contributed by atoms with Crippen LogP contribution in [0.5, 0.6) is 0 Å². The Balaban J connectivity index is 2.13. The molecule has 1 fully saturated rings. The second-order valence-corrected chi connectivity index (χ2v) is 4.15. The Morgan fingerprint density at radius 2 is 2.43 bits per heavy atom. The van der Waals surface area contributed by atoms with Gasteiger partial charge in [0.25, 0.3) is 5.91 Å². The number of hydrogen-bond donors (Lipinski definition) is 1. The zero-order valence-corrected chi connectivity index (χ0v) is 8.31. The molecule has 76 valence electrons. The number of carbonyl (C=O) groups excluding carboxylic acids is 1. The summed E-state index contributed by atoms with van der Waals surface area (Å²) in [5.74, 6) is 0.364. The van der Waals surface area contributed by atoms with E-state index in [-0.39, 0.29) is 0 Å². The molecule has 2 rings (SSSR count). The predicted octanol–water partition coefficient (Wildman–Crippen LogP) is 1.34. The number of rotatable bonds is 2. The minimum Gasteiger partial charge on any atom is -0.366 e. The Hall–Kier alpha value is -1.32. The van der Waals surface area contributed by atoms with E-state index in [1.807, 2.05) is 4.68 Å². The van der Waals surface area contributed by atoms with Gasteiger partial charge in [0.05, 0.1) is 17.8 Å². The highest BCUT2D eigenvalue weighted by molar-refractivity contribution is 5.92. The quantitative estimate of drug-likeness (QED) is 0.770. The van der Waals surface area contributed by atoms with Crippen LogP contribution >= 0.6 is 0 Å². The monoisotopic (exact) mass is 193 g/mol. The van der Waals surface area contributed by atoms with Crippen LogP contribution in [0, 0.1) is 5.92 Å². The number of carbonyl (C=O) groups is 1. The molecule has 2 atom stereocenters. The summed E-state index contributed by atoms with van der Waals surface area (Å²) >= 11 is 0. The van der Waals surface area contributed by atoms with Crippen LogP contribution in [0.3, 0.4) is 0 Å². The van der Waals surface area contributed by atoms with Crippen molar-refractivity contribution in [1.82, 2.24) is 9.78 Å². The molecule has 1 saturated carbocycles. The van der Waals surface area contributed by atoms with Crippen molar-refractivity contribution in [2.45, 2.75) is 32.2 Å². The molecule has 0 spiro atoms. The van der Waals surface area contributed by atoms with Crippen LogP contribution < -0.4 is 5.73 Å². The van der Waals surface area contributed by atoms with Gasteiger partial charge in [-0.1, -0.05) is 6.92 Å². The molecule has 0 aromatic carbocycles. The summed E-state index contributed by atoms with van der Waals surface area (Å²) in [5, 5.41) is 4.17. The zero-order chi connectivity index (χ0) is 10.1. The van der Waals surface area contributed by atoms with Gasteiger partial charge >= 0.3 is 0 Å². The molecule has 1 aliphatic carbocycles. The van der Waals surface area contributed by atoms with Gasteiger partial charge < -0.3 is 5.73 Å². The smallest absolute Gasteiger partial charge is 0.251 e. The van der Waals surface area contributed by atoms with E-state index >= 15 is 0 Å². The Bertz CT molecular complexity index is 345. The average molecular weight is 193 g/mol. The van der Waals surface area contributed by atoms with Crippen LogP contribution in [0.2, 0.25) is 0 Å². The van der Waals surface area contributed by atoms with E-state index in [1.165, 1.54) is 6.42 Å². The first-order valence-corrected chi connectivity index (χ1v) is 5.01. The molecule has 2 unspecified atom stereocenters. The summed E-state index contributed by atoms with van der Waals surface area (Å²) < 4.78 is 1.88. The molecule has 1 amide bonds. The fourth-order valence-corrected chi connectivity index (χ4v) is 2.08. The number of primary amides is 1. The van der Waals surface area contributed by atoms with Crippen LogP contribution in [0.4, 0.5) is 0 Å². The van der Waals surface area contributed by atoms with Crippen molar-refractivity contribution in [2.75, 3.05) is 0 Å². The van der Waals surface area contributed by atoms with Crippen molar-refractivity contribution >= 4 is 5.91 Å². The van der Waals surface area contributed by atoms with Crippen LogP contribution in [-0.4, -0.2) is 15.7 Å². The van der Waals surface area contributed by atoms with Crippen molar-refractivity contribution in [1.29, 1.82) is 0 Å². The summed E-state index contributed by atoms with van der Waals surface area (Å²) in [6.45, 7) is 2.25. The van der Waals surface area contributed by atoms with E-state index in [0.29, 0.717) is 11.6 Å². The van der Waals surface area contributed by atoms with E-state index < -0.39 is 5.91 Å². The Morgan fingerprint density at radius 3 is 2.93 bits per heavy atom. The summed E-state index contributed by atoms with van der Waals surface area (Å²) in [5.41, 5.74) is 5.67. The second-order valence-electron chi connectivity index (χ2n) is 4.15. The fraction of sp³-hybridized carbons (Fsp3) is 0.600. The maximum Gasteiger partial charge on any atom is 0.251 e. The van der Waals surface area contributed by atoms with E-state index in [9.17, 15) is 4.79 Å². The van der Waals surface area contributed by atoms with Crippen LogP contribution in [0.1, 0.15) is 42.6 Å². The third-order valence-corrected chi connectivity index (χ3v) is 2.93. The Kier molecular flexibility index (Phi) is 2.27. The molecule has 1 aromatic rings. The number of hydrogen-bond acceptors (Lipinski definition) is 2. The van der Waals surface area contributed by atoms with Gasteiger partial charge in [0.2, 0.25) is 0 Å². The second kappa shape index (κ2) is 3.44. The number of nitrogens with zero attached hydrogens (tertiary/aromatic N) is 2. The summed E-state index contributed by atoms with van der Waals surface area (Å²) in [6.07, 6.45) is 6.85. The summed E-state index contributed by atoms with van der Waals surface area (Å²) in [4.78, 5) is 10.9. The highest BCUT2D eigenvalue weighted by Crippen LogP contribution is 2.33. The summed E-state index contributed by atoms with van der Waals surface area (Å²) in [6, 6.07) is 0.457. The van der Waals surface area contributed by atoms with Gasteiger partial charge in [-0.3, -0.25) is 9.48 Å². The fourth-order valence-electron chi connectivity index (χ4n) is 2.08. The molecule has 4 heteroatoms. The van der Waals surface area contributed by atoms with Crippen LogP contribution in [0.15, 0.2) is 12.4 Å². The van der Waals surface area contributed by atoms with Gasteiger partial charge in [0.1, 0.15) is 0 Å². The first-order chi connectivity index (χ1) is 6.66. The first-order valence-electron chi connectivity index (χ1n) is 5.01. The number of nitrogens with two attached hydrogens (primary N) is 1.